The minimum absolute atomic E-state index is 0.531. The Balaban J connectivity index is 1.99. The van der Waals surface area contributed by atoms with Crippen LogP contribution in [0.3, 0.4) is 0 Å². The van der Waals surface area contributed by atoms with Gasteiger partial charge in [-0.05, 0) is 23.6 Å². The number of hydrogen-bond acceptors (Lipinski definition) is 3. The average molecular weight is 244 g/mol. The molecule has 1 heterocycles. The van der Waals surface area contributed by atoms with Crippen molar-refractivity contribution in [1.82, 2.24) is 10.3 Å². The van der Waals surface area contributed by atoms with Crippen LogP contribution in [0.1, 0.15) is 12.5 Å². The van der Waals surface area contributed by atoms with Gasteiger partial charge in [-0.1, -0.05) is 25.1 Å². The van der Waals surface area contributed by atoms with Crippen LogP contribution in [0.5, 0.6) is 0 Å². The van der Waals surface area contributed by atoms with Crippen LogP contribution in [0, 0.1) is 5.92 Å². The smallest absolute Gasteiger partial charge is 0.0705 e. The number of methoxy groups -OCH3 is 1. The molecular formula is C15H20N2O. The number of pyridine rings is 1. The minimum atomic E-state index is 0.531. The summed E-state index contributed by atoms with van der Waals surface area (Å²) in [4.78, 5) is 4.37. The summed E-state index contributed by atoms with van der Waals surface area (Å²) < 4.78 is 5.13. The Morgan fingerprint density at radius 1 is 1.28 bits per heavy atom. The summed E-state index contributed by atoms with van der Waals surface area (Å²) in [7, 11) is 1.74. The van der Waals surface area contributed by atoms with E-state index in [-0.39, 0.29) is 0 Å². The number of nitrogens with zero attached hydrogens (tertiary/aromatic N) is 1. The molecule has 3 nitrogen and oxygen atoms in total. The lowest BCUT2D eigenvalue weighted by Gasteiger charge is -2.12. The summed E-state index contributed by atoms with van der Waals surface area (Å²) in [5.74, 6) is 0.531. The Morgan fingerprint density at radius 3 is 2.94 bits per heavy atom. The predicted molar refractivity (Wildman–Crippen MR) is 74.5 cm³/mol. The zero-order valence-electron chi connectivity index (χ0n) is 11.0. The Labute approximate surface area is 108 Å². The minimum Gasteiger partial charge on any atom is -0.384 e. The van der Waals surface area contributed by atoms with Crippen LogP contribution in [0.2, 0.25) is 0 Å². The molecule has 0 aliphatic carbocycles. The fraction of sp³-hybridized carbons (Fsp3) is 0.400. The Hall–Kier alpha value is -1.45. The van der Waals surface area contributed by atoms with Gasteiger partial charge in [-0.15, -0.1) is 0 Å². The van der Waals surface area contributed by atoms with Crippen molar-refractivity contribution < 1.29 is 4.74 Å². The van der Waals surface area contributed by atoms with Crippen LogP contribution >= 0.6 is 0 Å². The molecule has 0 amide bonds. The molecular weight excluding hydrogens is 224 g/mol. The highest BCUT2D eigenvalue weighted by molar-refractivity contribution is 5.81. The van der Waals surface area contributed by atoms with Crippen molar-refractivity contribution in [3.8, 4) is 0 Å². The molecule has 1 unspecified atom stereocenters. The molecule has 1 N–H and O–H groups in total. The van der Waals surface area contributed by atoms with Crippen molar-refractivity contribution in [3.63, 3.8) is 0 Å². The normalized spacial score (nSPS) is 12.8. The number of benzene rings is 1. The highest BCUT2D eigenvalue weighted by Crippen LogP contribution is 2.15. The molecule has 1 aromatic carbocycles. The van der Waals surface area contributed by atoms with Crippen molar-refractivity contribution in [2.45, 2.75) is 13.5 Å². The lowest BCUT2D eigenvalue weighted by molar-refractivity contribution is 0.158. The van der Waals surface area contributed by atoms with Gasteiger partial charge in [0.1, 0.15) is 0 Å². The van der Waals surface area contributed by atoms with Crippen LogP contribution in [-0.2, 0) is 11.3 Å². The van der Waals surface area contributed by atoms with Gasteiger partial charge in [0, 0.05) is 38.4 Å². The molecule has 0 spiro atoms. The maximum absolute atomic E-state index is 5.13. The first-order chi connectivity index (χ1) is 8.81. The van der Waals surface area contributed by atoms with Crippen LogP contribution in [0.15, 0.2) is 36.5 Å². The van der Waals surface area contributed by atoms with Gasteiger partial charge in [0.25, 0.3) is 0 Å². The lowest BCUT2D eigenvalue weighted by Crippen LogP contribution is -2.23. The van der Waals surface area contributed by atoms with E-state index in [0.29, 0.717) is 5.92 Å². The highest BCUT2D eigenvalue weighted by Gasteiger charge is 2.03. The first-order valence-electron chi connectivity index (χ1n) is 6.33. The molecule has 0 aliphatic rings. The first-order valence-corrected chi connectivity index (χ1v) is 6.33. The third-order valence-corrected chi connectivity index (χ3v) is 3.00. The molecule has 0 saturated heterocycles. The van der Waals surface area contributed by atoms with E-state index in [9.17, 15) is 0 Å². The van der Waals surface area contributed by atoms with E-state index in [1.165, 1.54) is 10.9 Å². The van der Waals surface area contributed by atoms with Crippen molar-refractivity contribution in [3.05, 3.63) is 42.1 Å². The molecule has 1 aromatic heterocycles. The van der Waals surface area contributed by atoms with E-state index in [0.717, 1.165) is 25.2 Å². The highest BCUT2D eigenvalue weighted by atomic mass is 16.5. The molecule has 0 fully saturated rings. The summed E-state index contributed by atoms with van der Waals surface area (Å²) in [6, 6.07) is 10.3. The summed E-state index contributed by atoms with van der Waals surface area (Å²) in [5.41, 5.74) is 2.35. The monoisotopic (exact) mass is 244 g/mol. The Morgan fingerprint density at radius 2 is 2.11 bits per heavy atom. The van der Waals surface area contributed by atoms with Gasteiger partial charge < -0.3 is 10.1 Å². The molecule has 2 rings (SSSR count). The third-order valence-electron chi connectivity index (χ3n) is 3.00. The fourth-order valence-electron chi connectivity index (χ4n) is 2.11. The quantitative estimate of drug-likeness (QED) is 0.848. The third kappa shape index (κ3) is 3.28. The van der Waals surface area contributed by atoms with Crippen LogP contribution in [0.4, 0.5) is 0 Å². The number of nitrogens with one attached hydrogen (secondary N) is 1. The van der Waals surface area contributed by atoms with Crippen LogP contribution in [0.25, 0.3) is 10.9 Å². The molecule has 3 heteroatoms. The van der Waals surface area contributed by atoms with Gasteiger partial charge in [0.15, 0.2) is 0 Å². The number of ether oxygens (including phenoxy) is 1. The molecule has 1 atom stereocenters. The topological polar surface area (TPSA) is 34.1 Å². The van der Waals surface area contributed by atoms with Crippen molar-refractivity contribution in [2.75, 3.05) is 20.3 Å². The van der Waals surface area contributed by atoms with Gasteiger partial charge in [-0.3, -0.25) is 4.98 Å². The summed E-state index contributed by atoms with van der Waals surface area (Å²) in [6.45, 7) is 4.81. The van der Waals surface area contributed by atoms with Gasteiger partial charge >= 0.3 is 0 Å². The molecule has 96 valence electrons. The van der Waals surface area contributed by atoms with E-state index >= 15 is 0 Å². The SMILES string of the molecule is COCC(C)CNCc1ccnc2ccccc12. The Kier molecular flexibility index (Phi) is 4.67. The average Bonchev–Trinajstić information content (AvgIpc) is 2.39. The predicted octanol–water partition coefficient (Wildman–Crippen LogP) is 2.61. The number of rotatable bonds is 6. The molecule has 0 radical (unpaired) electrons. The second-order valence-electron chi connectivity index (χ2n) is 4.68. The number of hydrogen-bond donors (Lipinski definition) is 1. The number of aromatic nitrogens is 1. The maximum Gasteiger partial charge on any atom is 0.0705 e. The molecule has 0 aliphatic heterocycles. The zero-order valence-corrected chi connectivity index (χ0v) is 11.0. The van der Waals surface area contributed by atoms with Crippen molar-refractivity contribution in [2.24, 2.45) is 5.92 Å². The van der Waals surface area contributed by atoms with Gasteiger partial charge in [0.2, 0.25) is 0 Å². The van der Waals surface area contributed by atoms with Gasteiger partial charge in [-0.25, -0.2) is 0 Å². The number of para-hydroxylation sites is 1. The second kappa shape index (κ2) is 6.47. The fourth-order valence-corrected chi connectivity index (χ4v) is 2.11. The summed E-state index contributed by atoms with van der Waals surface area (Å²) >= 11 is 0. The van der Waals surface area contributed by atoms with E-state index in [4.69, 9.17) is 4.74 Å². The van der Waals surface area contributed by atoms with Gasteiger partial charge in [-0.2, -0.15) is 0 Å². The summed E-state index contributed by atoms with van der Waals surface area (Å²) in [6.07, 6.45) is 1.87. The maximum atomic E-state index is 5.13. The van der Waals surface area contributed by atoms with E-state index in [1.807, 2.05) is 18.3 Å². The molecule has 0 saturated carbocycles. The lowest BCUT2D eigenvalue weighted by atomic mass is 10.1. The van der Waals surface area contributed by atoms with Gasteiger partial charge in [0.05, 0.1) is 5.52 Å². The van der Waals surface area contributed by atoms with Crippen LogP contribution in [-0.4, -0.2) is 25.2 Å². The number of fused-ring (bicyclic) bond motifs is 1. The molecule has 2 aromatic rings. The Bertz CT molecular complexity index is 493. The van der Waals surface area contributed by atoms with E-state index in [2.05, 4.69) is 35.4 Å². The molecule has 18 heavy (non-hydrogen) atoms. The standard InChI is InChI=1S/C15H20N2O/c1-12(11-18-2)9-16-10-13-7-8-17-15-6-4-3-5-14(13)15/h3-8,12,16H,9-11H2,1-2H3. The van der Waals surface area contributed by atoms with E-state index < -0.39 is 0 Å². The van der Waals surface area contributed by atoms with E-state index in [1.54, 1.807) is 7.11 Å². The largest absolute Gasteiger partial charge is 0.384 e. The van der Waals surface area contributed by atoms with Crippen molar-refractivity contribution in [1.29, 1.82) is 0 Å². The zero-order chi connectivity index (χ0) is 12.8. The summed E-state index contributed by atoms with van der Waals surface area (Å²) in [5, 5.41) is 4.70. The first kappa shape index (κ1) is 13.0. The molecule has 0 bridgehead atoms. The van der Waals surface area contributed by atoms with Crippen LogP contribution < -0.4 is 5.32 Å². The second-order valence-corrected chi connectivity index (χ2v) is 4.68. The van der Waals surface area contributed by atoms with Crippen molar-refractivity contribution >= 4 is 10.9 Å².